The first-order valence-corrected chi connectivity index (χ1v) is 5.30. The van der Waals surface area contributed by atoms with E-state index < -0.39 is 0 Å². The molecular weight excluding hydrogens is 205 g/mol. The SMILES string of the molecule is CCCNc1c(F)cc(N)c2cccnc12. The summed E-state index contributed by atoms with van der Waals surface area (Å²) in [6, 6.07) is 4.97. The van der Waals surface area contributed by atoms with Crippen molar-refractivity contribution in [3.8, 4) is 0 Å². The van der Waals surface area contributed by atoms with Gasteiger partial charge in [0.2, 0.25) is 0 Å². The molecule has 1 aromatic heterocycles. The molecule has 4 heteroatoms. The summed E-state index contributed by atoms with van der Waals surface area (Å²) in [5.74, 6) is -0.350. The lowest BCUT2D eigenvalue weighted by Gasteiger charge is -2.10. The standard InChI is InChI=1S/C12H14FN3/c1-2-5-15-12-9(13)7-10(14)8-4-3-6-16-11(8)12/h3-4,6-7,15H,2,5,14H2,1H3. The second-order valence-corrected chi connectivity index (χ2v) is 3.65. The molecule has 16 heavy (non-hydrogen) atoms. The maximum Gasteiger partial charge on any atom is 0.150 e. The van der Waals surface area contributed by atoms with Crippen LogP contribution in [0.15, 0.2) is 24.4 Å². The van der Waals surface area contributed by atoms with Crippen molar-refractivity contribution >= 4 is 22.3 Å². The molecule has 3 nitrogen and oxygen atoms in total. The molecule has 84 valence electrons. The van der Waals surface area contributed by atoms with Gasteiger partial charge in [0.05, 0.1) is 11.2 Å². The molecule has 3 N–H and O–H groups in total. The average molecular weight is 219 g/mol. The molecular formula is C12H14FN3. The molecule has 1 heterocycles. The van der Waals surface area contributed by atoms with E-state index in [2.05, 4.69) is 10.3 Å². The van der Waals surface area contributed by atoms with Crippen LogP contribution >= 0.6 is 0 Å². The zero-order valence-electron chi connectivity index (χ0n) is 9.13. The highest BCUT2D eigenvalue weighted by molar-refractivity contribution is 5.98. The van der Waals surface area contributed by atoms with E-state index in [1.165, 1.54) is 6.07 Å². The van der Waals surface area contributed by atoms with E-state index in [0.29, 0.717) is 23.4 Å². The monoisotopic (exact) mass is 219 g/mol. The van der Waals surface area contributed by atoms with Crippen molar-refractivity contribution < 1.29 is 4.39 Å². The molecule has 0 aliphatic carbocycles. The molecule has 0 saturated carbocycles. The van der Waals surface area contributed by atoms with E-state index in [4.69, 9.17) is 5.73 Å². The number of pyridine rings is 1. The number of rotatable bonds is 3. The first kappa shape index (κ1) is 10.7. The lowest BCUT2D eigenvalue weighted by Crippen LogP contribution is -2.04. The zero-order chi connectivity index (χ0) is 11.5. The van der Waals surface area contributed by atoms with Gasteiger partial charge in [0, 0.05) is 23.8 Å². The van der Waals surface area contributed by atoms with Crippen molar-refractivity contribution in [1.29, 1.82) is 0 Å². The minimum absolute atomic E-state index is 0.350. The average Bonchev–Trinajstić information content (AvgIpc) is 2.29. The fraction of sp³-hybridized carbons (Fsp3) is 0.250. The van der Waals surface area contributed by atoms with E-state index in [9.17, 15) is 4.39 Å². The van der Waals surface area contributed by atoms with Gasteiger partial charge in [-0.3, -0.25) is 4.98 Å². The molecule has 0 unspecified atom stereocenters. The van der Waals surface area contributed by atoms with Crippen LogP contribution in [0.5, 0.6) is 0 Å². The molecule has 0 amide bonds. The lowest BCUT2D eigenvalue weighted by atomic mass is 10.1. The molecule has 0 aliphatic heterocycles. The zero-order valence-corrected chi connectivity index (χ0v) is 9.13. The Morgan fingerprint density at radius 1 is 1.50 bits per heavy atom. The maximum atomic E-state index is 13.7. The van der Waals surface area contributed by atoms with Crippen molar-refractivity contribution in [1.82, 2.24) is 4.98 Å². The van der Waals surface area contributed by atoms with Crippen LogP contribution in [0.3, 0.4) is 0 Å². The van der Waals surface area contributed by atoms with Crippen LogP contribution in [-0.4, -0.2) is 11.5 Å². The number of hydrogen-bond donors (Lipinski definition) is 2. The smallest absolute Gasteiger partial charge is 0.150 e. The number of hydrogen-bond acceptors (Lipinski definition) is 3. The summed E-state index contributed by atoms with van der Waals surface area (Å²) in [4.78, 5) is 4.17. The number of halogens is 1. The predicted molar refractivity (Wildman–Crippen MR) is 64.9 cm³/mol. The fourth-order valence-corrected chi connectivity index (χ4v) is 1.66. The quantitative estimate of drug-likeness (QED) is 0.780. The number of nitrogens with one attached hydrogen (secondary N) is 1. The van der Waals surface area contributed by atoms with Crippen LogP contribution in [0.25, 0.3) is 10.9 Å². The number of nitrogens with zero attached hydrogens (tertiary/aromatic N) is 1. The van der Waals surface area contributed by atoms with Crippen molar-refractivity contribution in [2.24, 2.45) is 0 Å². The number of fused-ring (bicyclic) bond motifs is 1. The second kappa shape index (κ2) is 4.35. The summed E-state index contributed by atoms with van der Waals surface area (Å²) in [5, 5.41) is 3.82. The van der Waals surface area contributed by atoms with Gasteiger partial charge in [-0.15, -0.1) is 0 Å². The topological polar surface area (TPSA) is 50.9 Å². The molecule has 0 fully saturated rings. The first-order valence-electron chi connectivity index (χ1n) is 5.30. The van der Waals surface area contributed by atoms with Gasteiger partial charge in [-0.25, -0.2) is 4.39 Å². The van der Waals surface area contributed by atoms with Crippen LogP contribution in [0, 0.1) is 5.82 Å². The Hall–Kier alpha value is -1.84. The van der Waals surface area contributed by atoms with Gasteiger partial charge in [0.15, 0.2) is 5.82 Å². The minimum atomic E-state index is -0.350. The minimum Gasteiger partial charge on any atom is -0.398 e. The number of benzene rings is 1. The van der Waals surface area contributed by atoms with E-state index in [0.717, 1.165) is 11.8 Å². The summed E-state index contributed by atoms with van der Waals surface area (Å²) in [5.41, 5.74) is 7.19. The Balaban J connectivity index is 2.61. The maximum absolute atomic E-state index is 13.7. The largest absolute Gasteiger partial charge is 0.398 e. The number of aromatic nitrogens is 1. The number of anilines is 2. The number of nitrogen functional groups attached to an aromatic ring is 1. The Kier molecular flexibility index (Phi) is 2.90. The van der Waals surface area contributed by atoms with Gasteiger partial charge in [0.25, 0.3) is 0 Å². The van der Waals surface area contributed by atoms with Gasteiger partial charge in [-0.05, 0) is 24.6 Å². The highest BCUT2D eigenvalue weighted by Gasteiger charge is 2.10. The Morgan fingerprint density at radius 2 is 2.31 bits per heavy atom. The van der Waals surface area contributed by atoms with Gasteiger partial charge in [-0.1, -0.05) is 6.92 Å². The third kappa shape index (κ3) is 1.78. The third-order valence-electron chi connectivity index (χ3n) is 2.43. The van der Waals surface area contributed by atoms with Crippen LogP contribution in [0.1, 0.15) is 13.3 Å². The van der Waals surface area contributed by atoms with E-state index in [1.807, 2.05) is 13.0 Å². The molecule has 0 atom stereocenters. The normalized spacial score (nSPS) is 10.6. The van der Waals surface area contributed by atoms with E-state index in [1.54, 1.807) is 12.3 Å². The van der Waals surface area contributed by atoms with Gasteiger partial charge in [0.1, 0.15) is 0 Å². The number of nitrogens with two attached hydrogens (primary N) is 1. The van der Waals surface area contributed by atoms with Crippen molar-refractivity contribution in [2.45, 2.75) is 13.3 Å². The predicted octanol–water partition coefficient (Wildman–Crippen LogP) is 2.78. The third-order valence-corrected chi connectivity index (χ3v) is 2.43. The summed E-state index contributed by atoms with van der Waals surface area (Å²) in [7, 11) is 0. The fourth-order valence-electron chi connectivity index (χ4n) is 1.66. The van der Waals surface area contributed by atoms with Gasteiger partial charge < -0.3 is 11.1 Å². The molecule has 0 radical (unpaired) electrons. The van der Waals surface area contributed by atoms with E-state index >= 15 is 0 Å². The van der Waals surface area contributed by atoms with Gasteiger partial charge in [-0.2, -0.15) is 0 Å². The molecule has 2 aromatic rings. The molecule has 0 aliphatic rings. The summed E-state index contributed by atoms with van der Waals surface area (Å²) in [6.45, 7) is 2.74. The first-order chi connectivity index (χ1) is 7.74. The Bertz CT molecular complexity index is 511. The van der Waals surface area contributed by atoms with Crippen LogP contribution in [0.2, 0.25) is 0 Å². The Morgan fingerprint density at radius 3 is 3.06 bits per heavy atom. The summed E-state index contributed by atoms with van der Waals surface area (Å²) in [6.07, 6.45) is 2.57. The molecule has 2 rings (SSSR count). The highest BCUT2D eigenvalue weighted by atomic mass is 19.1. The van der Waals surface area contributed by atoms with E-state index in [-0.39, 0.29) is 5.82 Å². The van der Waals surface area contributed by atoms with Crippen LogP contribution < -0.4 is 11.1 Å². The summed E-state index contributed by atoms with van der Waals surface area (Å²) >= 11 is 0. The van der Waals surface area contributed by atoms with Gasteiger partial charge >= 0.3 is 0 Å². The van der Waals surface area contributed by atoms with Crippen molar-refractivity contribution in [3.05, 3.63) is 30.2 Å². The highest BCUT2D eigenvalue weighted by Crippen LogP contribution is 2.29. The van der Waals surface area contributed by atoms with Crippen molar-refractivity contribution in [2.75, 3.05) is 17.6 Å². The molecule has 0 spiro atoms. The Labute approximate surface area is 93.5 Å². The van der Waals surface area contributed by atoms with Crippen LogP contribution in [-0.2, 0) is 0 Å². The molecule has 1 aromatic carbocycles. The second-order valence-electron chi connectivity index (χ2n) is 3.65. The lowest BCUT2D eigenvalue weighted by molar-refractivity contribution is 0.632. The summed E-state index contributed by atoms with van der Waals surface area (Å²) < 4.78 is 13.7. The van der Waals surface area contributed by atoms with Crippen LogP contribution in [0.4, 0.5) is 15.8 Å². The molecule has 0 bridgehead atoms. The van der Waals surface area contributed by atoms with Crippen molar-refractivity contribution in [3.63, 3.8) is 0 Å². The molecule has 0 saturated heterocycles.